The highest BCUT2D eigenvalue weighted by molar-refractivity contribution is 5.83. The van der Waals surface area contributed by atoms with Crippen molar-refractivity contribution in [2.75, 3.05) is 13.2 Å². The van der Waals surface area contributed by atoms with Gasteiger partial charge in [-0.25, -0.2) is 10.2 Å². The Balaban J connectivity index is 1.75. The van der Waals surface area contributed by atoms with Crippen LogP contribution in [0.1, 0.15) is 5.56 Å². The second-order valence-corrected chi connectivity index (χ2v) is 5.08. The molecule has 27 heavy (non-hydrogen) atoms. The number of nitro groups is 1. The van der Waals surface area contributed by atoms with Crippen LogP contribution in [0.3, 0.4) is 0 Å². The molecule has 0 fully saturated rings. The summed E-state index contributed by atoms with van der Waals surface area (Å²) >= 11 is 0. The summed E-state index contributed by atoms with van der Waals surface area (Å²) in [7, 11) is 0. The van der Waals surface area contributed by atoms with Gasteiger partial charge in [-0.1, -0.05) is 0 Å². The maximum Gasteiger partial charge on any atom is 0.341 e. The summed E-state index contributed by atoms with van der Waals surface area (Å²) in [5, 5.41) is 22.8. The zero-order valence-electron chi connectivity index (χ0n) is 13.9. The number of hydrazone groups is 1. The Hall–Kier alpha value is -3.95. The molecule has 0 bridgehead atoms. The van der Waals surface area contributed by atoms with E-state index in [0.29, 0.717) is 17.1 Å². The van der Waals surface area contributed by atoms with E-state index < -0.39 is 23.4 Å². The summed E-state index contributed by atoms with van der Waals surface area (Å²) in [6, 6.07) is 11.8. The van der Waals surface area contributed by atoms with E-state index in [2.05, 4.69) is 10.5 Å². The molecule has 10 heteroatoms. The lowest BCUT2D eigenvalue weighted by atomic mass is 10.2. The third-order valence-corrected chi connectivity index (χ3v) is 3.06. The number of hydrogen-bond donors (Lipinski definition) is 2. The summed E-state index contributed by atoms with van der Waals surface area (Å²) in [4.78, 5) is 32.1. The zero-order chi connectivity index (χ0) is 19.6. The molecule has 2 aromatic rings. The third kappa shape index (κ3) is 6.82. The van der Waals surface area contributed by atoms with Crippen molar-refractivity contribution >= 4 is 23.8 Å². The number of carbonyl (C=O) groups excluding carboxylic acids is 1. The van der Waals surface area contributed by atoms with Crippen molar-refractivity contribution in [1.82, 2.24) is 5.43 Å². The average molecular weight is 373 g/mol. The number of aliphatic carboxylic acids is 1. The Kier molecular flexibility index (Phi) is 6.83. The molecule has 0 aliphatic carbocycles. The minimum Gasteiger partial charge on any atom is -0.484 e. The van der Waals surface area contributed by atoms with E-state index in [9.17, 15) is 19.7 Å². The van der Waals surface area contributed by atoms with Crippen molar-refractivity contribution in [3.8, 4) is 11.5 Å². The smallest absolute Gasteiger partial charge is 0.341 e. The van der Waals surface area contributed by atoms with Crippen LogP contribution < -0.4 is 14.9 Å². The molecule has 1 amide bonds. The highest BCUT2D eigenvalue weighted by Crippen LogP contribution is 2.17. The van der Waals surface area contributed by atoms with E-state index in [1.54, 1.807) is 24.3 Å². The minimum atomic E-state index is -1.07. The van der Waals surface area contributed by atoms with E-state index in [4.69, 9.17) is 14.6 Å². The lowest BCUT2D eigenvalue weighted by molar-refractivity contribution is -0.384. The molecule has 0 heterocycles. The summed E-state index contributed by atoms with van der Waals surface area (Å²) in [6.45, 7) is -0.741. The van der Waals surface area contributed by atoms with Crippen LogP contribution in [-0.2, 0) is 9.59 Å². The first kappa shape index (κ1) is 19.4. The van der Waals surface area contributed by atoms with Gasteiger partial charge in [-0.05, 0) is 42.0 Å². The zero-order valence-corrected chi connectivity index (χ0v) is 13.9. The number of nitrogens with one attached hydrogen (secondary N) is 1. The molecule has 0 atom stereocenters. The second kappa shape index (κ2) is 9.51. The lowest BCUT2D eigenvalue weighted by Crippen LogP contribution is -2.24. The molecule has 2 aromatic carbocycles. The Morgan fingerprint density at radius 1 is 1.04 bits per heavy atom. The molecule has 0 unspecified atom stereocenters. The van der Waals surface area contributed by atoms with Crippen LogP contribution in [-0.4, -0.2) is 41.3 Å². The monoisotopic (exact) mass is 373 g/mol. The number of ether oxygens (including phenoxy) is 2. The van der Waals surface area contributed by atoms with E-state index in [0.717, 1.165) is 0 Å². The molecule has 0 saturated heterocycles. The Bertz CT molecular complexity index is 833. The molecule has 0 aliphatic heterocycles. The first-order chi connectivity index (χ1) is 12.9. The molecule has 2 N–H and O–H groups in total. The fourth-order valence-corrected chi connectivity index (χ4v) is 1.82. The first-order valence-electron chi connectivity index (χ1n) is 7.58. The van der Waals surface area contributed by atoms with Gasteiger partial charge in [0.2, 0.25) is 0 Å². The van der Waals surface area contributed by atoms with Gasteiger partial charge in [0.25, 0.3) is 11.6 Å². The van der Waals surface area contributed by atoms with Gasteiger partial charge in [0.1, 0.15) is 11.5 Å². The van der Waals surface area contributed by atoms with Crippen LogP contribution in [0.2, 0.25) is 0 Å². The lowest BCUT2D eigenvalue weighted by Gasteiger charge is -2.04. The van der Waals surface area contributed by atoms with Crippen LogP contribution in [0.25, 0.3) is 0 Å². The fourth-order valence-electron chi connectivity index (χ4n) is 1.82. The predicted molar refractivity (Wildman–Crippen MR) is 93.9 cm³/mol. The molecule has 140 valence electrons. The Labute approximate surface area is 153 Å². The maximum absolute atomic E-state index is 11.7. The Morgan fingerprint density at radius 2 is 1.59 bits per heavy atom. The topological polar surface area (TPSA) is 140 Å². The second-order valence-electron chi connectivity index (χ2n) is 5.08. The fraction of sp³-hybridized carbons (Fsp3) is 0.118. The molecule has 2 rings (SSSR count). The van der Waals surface area contributed by atoms with Crippen LogP contribution in [0.4, 0.5) is 5.69 Å². The number of benzene rings is 2. The molecule has 0 saturated carbocycles. The van der Waals surface area contributed by atoms with Gasteiger partial charge in [-0.3, -0.25) is 14.9 Å². The molecule has 10 nitrogen and oxygen atoms in total. The van der Waals surface area contributed by atoms with Gasteiger partial charge >= 0.3 is 5.97 Å². The van der Waals surface area contributed by atoms with Gasteiger partial charge < -0.3 is 14.6 Å². The maximum atomic E-state index is 11.7. The van der Waals surface area contributed by atoms with Crippen molar-refractivity contribution in [3.05, 3.63) is 64.2 Å². The molecule has 0 spiro atoms. The van der Waals surface area contributed by atoms with Crippen LogP contribution in [0.15, 0.2) is 53.6 Å². The van der Waals surface area contributed by atoms with Crippen molar-refractivity contribution in [2.45, 2.75) is 0 Å². The number of non-ortho nitro benzene ring substituents is 1. The normalized spacial score (nSPS) is 10.4. The number of carboxylic acid groups (broad SMARTS) is 1. The van der Waals surface area contributed by atoms with Gasteiger partial charge in [0, 0.05) is 12.1 Å². The molecular weight excluding hydrogens is 358 g/mol. The average Bonchev–Trinajstić information content (AvgIpc) is 2.66. The number of hydrogen-bond acceptors (Lipinski definition) is 7. The Morgan fingerprint density at radius 3 is 2.15 bits per heavy atom. The quantitative estimate of drug-likeness (QED) is 0.386. The largest absolute Gasteiger partial charge is 0.484 e. The molecule has 0 radical (unpaired) electrons. The predicted octanol–water partition coefficient (Wildman–Crippen LogP) is 1.59. The van der Waals surface area contributed by atoms with Crippen molar-refractivity contribution in [2.24, 2.45) is 5.10 Å². The van der Waals surface area contributed by atoms with Gasteiger partial charge in [0.15, 0.2) is 13.2 Å². The van der Waals surface area contributed by atoms with Crippen LogP contribution in [0.5, 0.6) is 11.5 Å². The molecule has 0 aliphatic rings. The first-order valence-corrected chi connectivity index (χ1v) is 7.58. The SMILES string of the molecule is O=C(O)COc1ccc(C=NNC(=O)COc2ccc([N+](=O)[O-])cc2)cc1. The van der Waals surface area contributed by atoms with E-state index in [1.165, 1.54) is 30.5 Å². The standard InChI is InChI=1S/C17H15N3O7/c21-16(10-26-15-7-3-13(4-8-15)20(24)25)19-18-9-12-1-5-14(6-2-12)27-11-17(22)23/h1-9H,10-11H2,(H,19,21)(H,22,23). The number of amides is 1. The number of nitrogens with zero attached hydrogens (tertiary/aromatic N) is 2. The third-order valence-electron chi connectivity index (χ3n) is 3.06. The van der Waals surface area contributed by atoms with Gasteiger partial charge in [-0.2, -0.15) is 5.10 Å². The highest BCUT2D eigenvalue weighted by atomic mass is 16.6. The van der Waals surface area contributed by atoms with Crippen LogP contribution in [0, 0.1) is 10.1 Å². The van der Waals surface area contributed by atoms with Gasteiger partial charge in [0.05, 0.1) is 11.1 Å². The van der Waals surface area contributed by atoms with Crippen molar-refractivity contribution < 1.29 is 29.1 Å². The van der Waals surface area contributed by atoms with E-state index in [1.807, 2.05) is 0 Å². The van der Waals surface area contributed by atoms with Crippen molar-refractivity contribution in [3.63, 3.8) is 0 Å². The van der Waals surface area contributed by atoms with E-state index >= 15 is 0 Å². The minimum absolute atomic E-state index is 0.0734. The summed E-state index contributed by atoms with van der Waals surface area (Å²) in [5.74, 6) is -0.864. The van der Waals surface area contributed by atoms with Gasteiger partial charge in [-0.15, -0.1) is 0 Å². The van der Waals surface area contributed by atoms with Crippen LogP contribution >= 0.6 is 0 Å². The highest BCUT2D eigenvalue weighted by Gasteiger charge is 2.06. The molecule has 0 aromatic heterocycles. The van der Waals surface area contributed by atoms with E-state index in [-0.39, 0.29) is 12.3 Å². The summed E-state index contributed by atoms with van der Waals surface area (Å²) < 4.78 is 10.2. The summed E-state index contributed by atoms with van der Waals surface area (Å²) in [6.07, 6.45) is 1.39. The van der Waals surface area contributed by atoms with Crippen molar-refractivity contribution in [1.29, 1.82) is 0 Å². The number of rotatable bonds is 9. The number of carboxylic acids is 1. The summed E-state index contributed by atoms with van der Waals surface area (Å²) in [5.41, 5.74) is 2.86. The molecular formula is C17H15N3O7. The number of nitro benzene ring substituents is 1. The number of carbonyl (C=O) groups is 2.